The lowest BCUT2D eigenvalue weighted by Crippen LogP contribution is -2.17. The zero-order chi connectivity index (χ0) is 15.8. The molecule has 5 nitrogen and oxygen atoms in total. The van der Waals surface area contributed by atoms with Gasteiger partial charge in [-0.2, -0.15) is 23.4 Å². The molecular formula is C12H17BrF3N5. The third-order valence-corrected chi connectivity index (χ3v) is 2.84. The molecular weight excluding hydrogens is 351 g/mol. The van der Waals surface area contributed by atoms with Crippen LogP contribution in [0, 0.1) is 6.92 Å². The number of aryl methyl sites for hydroxylation is 3. The molecule has 118 valence electrons. The van der Waals surface area contributed by atoms with Gasteiger partial charge in [0.1, 0.15) is 10.4 Å². The van der Waals surface area contributed by atoms with Crippen molar-refractivity contribution in [2.24, 2.45) is 7.05 Å². The van der Waals surface area contributed by atoms with Crippen molar-refractivity contribution in [3.63, 3.8) is 0 Å². The van der Waals surface area contributed by atoms with E-state index < -0.39 is 6.68 Å². The molecule has 3 heterocycles. The number of alkyl halides is 3. The summed E-state index contributed by atoms with van der Waals surface area (Å²) in [5, 5.41) is 11.5. The van der Waals surface area contributed by atoms with Crippen LogP contribution in [0.5, 0.6) is 0 Å². The molecule has 21 heavy (non-hydrogen) atoms. The molecule has 0 spiro atoms. The van der Waals surface area contributed by atoms with Gasteiger partial charge < -0.3 is 5.32 Å². The molecule has 0 aliphatic carbocycles. The molecule has 0 bridgehead atoms. The van der Waals surface area contributed by atoms with E-state index in [1.165, 1.54) is 6.42 Å². The summed E-state index contributed by atoms with van der Waals surface area (Å²) in [5.74, 6) is 1.12. The molecule has 1 N–H and O–H groups in total. The van der Waals surface area contributed by atoms with Crippen molar-refractivity contribution in [3.8, 4) is 0 Å². The quantitative estimate of drug-likeness (QED) is 0.776. The lowest BCUT2D eigenvalue weighted by molar-refractivity contribution is 0.00819. The first-order valence-corrected chi connectivity index (χ1v) is 7.03. The van der Waals surface area contributed by atoms with E-state index in [0.717, 1.165) is 29.2 Å². The smallest absolute Gasteiger partial charge is 0.370 e. The van der Waals surface area contributed by atoms with E-state index in [4.69, 9.17) is 0 Å². The van der Waals surface area contributed by atoms with E-state index in [1.54, 1.807) is 4.68 Å². The van der Waals surface area contributed by atoms with Gasteiger partial charge in [0.15, 0.2) is 0 Å². The van der Waals surface area contributed by atoms with E-state index in [-0.39, 0.29) is 0 Å². The Morgan fingerprint density at radius 3 is 2.43 bits per heavy atom. The summed E-state index contributed by atoms with van der Waals surface area (Å²) < 4.78 is 33.7. The van der Waals surface area contributed by atoms with E-state index in [0.29, 0.717) is 0 Å². The number of hydrogen-bond donors (Lipinski definition) is 1. The number of hydrogen-bond acceptors (Lipinski definition) is 3. The third-order valence-electron chi connectivity index (χ3n) is 2.45. The lowest BCUT2D eigenvalue weighted by Gasteiger charge is -2.14. The first-order chi connectivity index (χ1) is 9.88. The summed E-state index contributed by atoms with van der Waals surface area (Å²) >= 11 is 3.32. The number of fused-ring (bicyclic) bond motifs is 1. The van der Waals surface area contributed by atoms with Gasteiger partial charge in [0.05, 0.1) is 5.69 Å². The summed E-state index contributed by atoms with van der Waals surface area (Å²) in [6, 6.07) is 3.97. The molecule has 3 rings (SSSR count). The summed E-state index contributed by atoms with van der Waals surface area (Å²) in [6.07, 6.45) is 3.09. The maximum atomic E-state index is 9.67. The van der Waals surface area contributed by atoms with E-state index in [9.17, 15) is 13.2 Å². The Hall–Kier alpha value is -1.51. The molecule has 0 fully saturated rings. The van der Waals surface area contributed by atoms with Crippen LogP contribution < -0.4 is 5.32 Å². The van der Waals surface area contributed by atoms with Crippen molar-refractivity contribution in [2.45, 2.75) is 26.6 Å². The van der Waals surface area contributed by atoms with Gasteiger partial charge >= 0.3 is 6.68 Å². The van der Waals surface area contributed by atoms with Crippen molar-refractivity contribution in [3.05, 3.63) is 28.6 Å². The highest BCUT2D eigenvalue weighted by Crippen LogP contribution is 2.18. The Balaban J connectivity index is 0.000000176. The number of aromatic nitrogens is 4. The van der Waals surface area contributed by atoms with Crippen LogP contribution in [0.1, 0.15) is 12.1 Å². The van der Waals surface area contributed by atoms with Crippen LogP contribution >= 0.6 is 15.9 Å². The number of nitrogens with zero attached hydrogens (tertiary/aromatic N) is 4. The fourth-order valence-electron chi connectivity index (χ4n) is 1.67. The molecule has 1 aliphatic rings. The van der Waals surface area contributed by atoms with Crippen LogP contribution in [0.2, 0.25) is 0 Å². The highest BCUT2D eigenvalue weighted by molar-refractivity contribution is 9.10. The van der Waals surface area contributed by atoms with Gasteiger partial charge in [-0.25, -0.2) is 4.68 Å². The second-order valence-electron chi connectivity index (χ2n) is 4.23. The van der Waals surface area contributed by atoms with Gasteiger partial charge in [-0.05, 0) is 35.3 Å². The zero-order valence-electron chi connectivity index (χ0n) is 11.7. The van der Waals surface area contributed by atoms with E-state index in [2.05, 4.69) is 31.4 Å². The lowest BCUT2D eigenvalue weighted by atomic mass is 10.3. The Labute approximate surface area is 129 Å². The largest absolute Gasteiger partial charge is 0.379 e. The van der Waals surface area contributed by atoms with Crippen LogP contribution in [-0.2, 0) is 13.6 Å². The minimum atomic E-state index is -3.67. The van der Waals surface area contributed by atoms with Crippen molar-refractivity contribution in [2.75, 3.05) is 11.9 Å². The Bertz CT molecular complexity index is 498. The molecule has 9 heteroatoms. The number of rotatable bonds is 0. The molecule has 0 saturated carbocycles. The molecule has 0 unspecified atom stereocenters. The Morgan fingerprint density at radius 2 is 2.00 bits per heavy atom. The van der Waals surface area contributed by atoms with E-state index >= 15 is 0 Å². The van der Waals surface area contributed by atoms with Crippen molar-refractivity contribution < 1.29 is 13.2 Å². The predicted molar refractivity (Wildman–Crippen MR) is 78.1 cm³/mol. The van der Waals surface area contributed by atoms with Crippen LogP contribution in [-0.4, -0.2) is 32.8 Å². The molecule has 1 aliphatic heterocycles. The SMILES string of the molecule is Brc1cc2n(n1)CCCN2.Cc1ccn(C)n1.FC(F)F. The summed E-state index contributed by atoms with van der Waals surface area (Å²) in [4.78, 5) is 0. The van der Waals surface area contributed by atoms with Gasteiger partial charge in [0.25, 0.3) is 0 Å². The number of anilines is 1. The third kappa shape index (κ3) is 7.16. The number of nitrogens with one attached hydrogen (secondary N) is 1. The standard InChI is InChI=1S/C6H8BrN3.C5H8N2.CHF3/c7-5-4-6-8-2-1-3-10(6)9-5;1-5-3-4-7(2)6-5;2-1(3)4/h4,8H,1-3H2;3-4H,1-2H3;1H. The zero-order valence-corrected chi connectivity index (χ0v) is 13.3. The summed E-state index contributed by atoms with van der Waals surface area (Å²) in [6.45, 7) is 0.409. The Morgan fingerprint density at radius 1 is 1.33 bits per heavy atom. The maximum Gasteiger partial charge on any atom is 0.379 e. The minimum Gasteiger partial charge on any atom is -0.370 e. The first-order valence-electron chi connectivity index (χ1n) is 6.24. The first kappa shape index (κ1) is 17.5. The average Bonchev–Trinajstić information content (AvgIpc) is 2.93. The Kier molecular flexibility index (Phi) is 7.27. The molecule has 0 radical (unpaired) electrons. The molecule has 2 aromatic rings. The van der Waals surface area contributed by atoms with Gasteiger partial charge in [-0.3, -0.25) is 4.68 Å². The maximum absolute atomic E-state index is 9.67. The topological polar surface area (TPSA) is 47.7 Å². The average molecular weight is 368 g/mol. The highest BCUT2D eigenvalue weighted by atomic mass is 79.9. The number of halogens is 4. The molecule has 2 aromatic heterocycles. The van der Waals surface area contributed by atoms with Crippen LogP contribution in [0.25, 0.3) is 0 Å². The molecule has 0 atom stereocenters. The van der Waals surface area contributed by atoms with Gasteiger partial charge in [-0.1, -0.05) is 0 Å². The van der Waals surface area contributed by atoms with Crippen LogP contribution in [0.3, 0.4) is 0 Å². The normalized spacial score (nSPS) is 12.5. The van der Waals surface area contributed by atoms with Crippen molar-refractivity contribution >= 4 is 21.7 Å². The van der Waals surface area contributed by atoms with Gasteiger partial charge in [-0.15, -0.1) is 0 Å². The van der Waals surface area contributed by atoms with E-state index in [1.807, 2.05) is 37.0 Å². The molecule has 0 saturated heterocycles. The van der Waals surface area contributed by atoms with Crippen molar-refractivity contribution in [1.82, 2.24) is 19.6 Å². The van der Waals surface area contributed by atoms with Crippen LogP contribution in [0.15, 0.2) is 22.9 Å². The van der Waals surface area contributed by atoms with Crippen LogP contribution in [0.4, 0.5) is 19.0 Å². The molecule has 0 aromatic carbocycles. The van der Waals surface area contributed by atoms with Gasteiger partial charge in [0.2, 0.25) is 0 Å². The molecule has 0 amide bonds. The fourth-order valence-corrected chi connectivity index (χ4v) is 2.08. The summed E-state index contributed by atoms with van der Waals surface area (Å²) in [7, 11) is 1.91. The second-order valence-corrected chi connectivity index (χ2v) is 5.05. The monoisotopic (exact) mass is 367 g/mol. The summed E-state index contributed by atoms with van der Waals surface area (Å²) in [5.41, 5.74) is 1.07. The van der Waals surface area contributed by atoms with Crippen molar-refractivity contribution in [1.29, 1.82) is 0 Å². The second kappa shape index (κ2) is 8.71. The highest BCUT2D eigenvalue weighted by Gasteiger charge is 2.08. The van der Waals surface area contributed by atoms with Gasteiger partial charge in [0, 0.05) is 32.4 Å². The minimum absolute atomic E-state index is 0.914. The fraction of sp³-hybridized carbons (Fsp3) is 0.500. The predicted octanol–water partition coefficient (Wildman–Crippen LogP) is 3.37.